The van der Waals surface area contributed by atoms with E-state index in [0.29, 0.717) is 19.0 Å². The Labute approximate surface area is 138 Å². The standard InChI is InChI=1S/C18H16N4O2/c23-16-17(24)22(13-14-7-3-1-4-8-14)19-18-20(11-12-21(16)18)15-9-5-2-6-10-15/h1-10H,11-13H2. The molecule has 0 aliphatic carbocycles. The highest BCUT2D eigenvalue weighted by Crippen LogP contribution is 2.25. The molecule has 6 heteroatoms. The zero-order valence-electron chi connectivity index (χ0n) is 13.0. The number of nitrogens with zero attached hydrogens (tertiary/aromatic N) is 4. The molecule has 1 aromatic heterocycles. The molecule has 0 radical (unpaired) electrons. The van der Waals surface area contributed by atoms with Gasteiger partial charge in [0.15, 0.2) is 0 Å². The maximum atomic E-state index is 12.4. The van der Waals surface area contributed by atoms with Crippen LogP contribution in [0.1, 0.15) is 5.56 Å². The number of rotatable bonds is 3. The summed E-state index contributed by atoms with van der Waals surface area (Å²) >= 11 is 0. The highest BCUT2D eigenvalue weighted by Gasteiger charge is 2.25. The molecule has 0 unspecified atom stereocenters. The Morgan fingerprint density at radius 3 is 2.21 bits per heavy atom. The summed E-state index contributed by atoms with van der Waals surface area (Å²) in [5, 5.41) is 4.46. The van der Waals surface area contributed by atoms with Crippen LogP contribution in [0.25, 0.3) is 0 Å². The largest absolute Gasteiger partial charge is 0.333 e. The number of aromatic nitrogens is 3. The van der Waals surface area contributed by atoms with Crippen molar-refractivity contribution in [2.45, 2.75) is 13.1 Å². The van der Waals surface area contributed by atoms with Crippen LogP contribution in [0.5, 0.6) is 0 Å². The van der Waals surface area contributed by atoms with Gasteiger partial charge in [0, 0.05) is 18.8 Å². The number of benzene rings is 2. The molecule has 0 bridgehead atoms. The second-order valence-corrected chi connectivity index (χ2v) is 5.69. The first-order valence-corrected chi connectivity index (χ1v) is 7.82. The van der Waals surface area contributed by atoms with Crippen molar-refractivity contribution in [1.29, 1.82) is 0 Å². The average molecular weight is 320 g/mol. The molecule has 0 saturated heterocycles. The van der Waals surface area contributed by atoms with E-state index >= 15 is 0 Å². The maximum Gasteiger partial charge on any atom is 0.333 e. The number of para-hydroxylation sites is 1. The van der Waals surface area contributed by atoms with Gasteiger partial charge in [-0.3, -0.25) is 14.2 Å². The van der Waals surface area contributed by atoms with E-state index < -0.39 is 11.1 Å². The van der Waals surface area contributed by atoms with Gasteiger partial charge in [0.25, 0.3) is 0 Å². The lowest BCUT2D eigenvalue weighted by atomic mass is 10.2. The van der Waals surface area contributed by atoms with Gasteiger partial charge in [-0.2, -0.15) is 0 Å². The first kappa shape index (κ1) is 14.4. The Hall–Kier alpha value is -3.15. The Balaban J connectivity index is 1.80. The fraction of sp³-hybridized carbons (Fsp3) is 0.167. The molecular formula is C18H16N4O2. The van der Waals surface area contributed by atoms with E-state index in [1.165, 1.54) is 9.25 Å². The predicted molar refractivity (Wildman–Crippen MR) is 91.7 cm³/mol. The van der Waals surface area contributed by atoms with Gasteiger partial charge >= 0.3 is 11.1 Å². The number of hydrogen-bond donors (Lipinski definition) is 0. The van der Waals surface area contributed by atoms with Crippen molar-refractivity contribution in [3.63, 3.8) is 0 Å². The van der Waals surface area contributed by atoms with Crippen LogP contribution < -0.4 is 16.0 Å². The molecule has 24 heavy (non-hydrogen) atoms. The minimum atomic E-state index is -0.586. The van der Waals surface area contributed by atoms with Crippen LogP contribution in [-0.4, -0.2) is 20.9 Å². The zero-order valence-corrected chi connectivity index (χ0v) is 13.0. The van der Waals surface area contributed by atoms with Crippen molar-refractivity contribution in [2.24, 2.45) is 0 Å². The summed E-state index contributed by atoms with van der Waals surface area (Å²) in [5.41, 5.74) is 0.785. The first-order valence-electron chi connectivity index (χ1n) is 7.82. The summed E-state index contributed by atoms with van der Waals surface area (Å²) in [4.78, 5) is 26.7. The van der Waals surface area contributed by atoms with Gasteiger partial charge in [-0.1, -0.05) is 48.5 Å². The predicted octanol–water partition coefficient (Wildman–Crippen LogP) is 1.60. The quantitative estimate of drug-likeness (QED) is 0.688. The Bertz CT molecular complexity index is 977. The van der Waals surface area contributed by atoms with Crippen molar-refractivity contribution < 1.29 is 0 Å². The molecule has 6 nitrogen and oxygen atoms in total. The van der Waals surface area contributed by atoms with Gasteiger partial charge in [-0.15, -0.1) is 5.10 Å². The zero-order chi connectivity index (χ0) is 16.5. The smallest absolute Gasteiger partial charge is 0.309 e. The lowest BCUT2D eigenvalue weighted by molar-refractivity contribution is 0.591. The van der Waals surface area contributed by atoms with Crippen LogP contribution in [0, 0.1) is 0 Å². The van der Waals surface area contributed by atoms with Crippen molar-refractivity contribution in [3.8, 4) is 0 Å². The Morgan fingerprint density at radius 1 is 0.833 bits per heavy atom. The molecule has 0 amide bonds. The SMILES string of the molecule is O=c1c(=O)n2c(nn1Cc1ccccc1)N(c1ccccc1)CC2. The summed E-state index contributed by atoms with van der Waals surface area (Å²) < 4.78 is 2.71. The summed E-state index contributed by atoms with van der Waals surface area (Å²) in [5.74, 6) is 0.515. The molecule has 0 N–H and O–H groups in total. The van der Waals surface area contributed by atoms with E-state index in [-0.39, 0.29) is 6.54 Å². The number of fused-ring (bicyclic) bond motifs is 1. The van der Waals surface area contributed by atoms with Crippen LogP contribution in [0.4, 0.5) is 11.6 Å². The van der Waals surface area contributed by atoms with Crippen LogP contribution in [0.3, 0.4) is 0 Å². The van der Waals surface area contributed by atoms with E-state index in [2.05, 4.69) is 5.10 Å². The molecule has 0 fully saturated rings. The lowest BCUT2D eigenvalue weighted by Crippen LogP contribution is -2.42. The number of hydrogen-bond acceptors (Lipinski definition) is 4. The summed E-state index contributed by atoms with van der Waals surface area (Å²) in [6, 6.07) is 19.3. The lowest BCUT2D eigenvalue weighted by Gasteiger charge is -2.17. The highest BCUT2D eigenvalue weighted by atomic mass is 16.2. The number of anilines is 2. The Morgan fingerprint density at radius 2 is 1.50 bits per heavy atom. The summed E-state index contributed by atoms with van der Waals surface area (Å²) in [6.45, 7) is 1.38. The van der Waals surface area contributed by atoms with Crippen molar-refractivity contribution in [2.75, 3.05) is 11.4 Å². The third kappa shape index (κ3) is 2.42. The summed E-state index contributed by atoms with van der Waals surface area (Å²) in [6.07, 6.45) is 0. The molecule has 0 atom stereocenters. The minimum absolute atomic E-state index is 0.283. The van der Waals surface area contributed by atoms with E-state index in [4.69, 9.17) is 0 Å². The van der Waals surface area contributed by atoms with Crippen LogP contribution in [-0.2, 0) is 13.1 Å². The third-order valence-corrected chi connectivity index (χ3v) is 4.15. The topological polar surface area (TPSA) is 60.1 Å². The van der Waals surface area contributed by atoms with Crippen molar-refractivity contribution in [3.05, 3.63) is 86.9 Å². The highest BCUT2D eigenvalue weighted by molar-refractivity contribution is 5.58. The van der Waals surface area contributed by atoms with Crippen molar-refractivity contribution >= 4 is 11.6 Å². The summed E-state index contributed by atoms with van der Waals surface area (Å²) in [7, 11) is 0. The molecule has 4 rings (SSSR count). The van der Waals surface area contributed by atoms with E-state index in [1.807, 2.05) is 65.6 Å². The van der Waals surface area contributed by atoms with Gasteiger partial charge in [-0.05, 0) is 17.7 Å². The van der Waals surface area contributed by atoms with Crippen LogP contribution in [0.15, 0.2) is 70.3 Å². The van der Waals surface area contributed by atoms with E-state index in [1.54, 1.807) is 0 Å². The average Bonchev–Trinajstić information content (AvgIpc) is 3.05. The van der Waals surface area contributed by atoms with Crippen LogP contribution >= 0.6 is 0 Å². The molecule has 0 saturated carbocycles. The second-order valence-electron chi connectivity index (χ2n) is 5.69. The van der Waals surface area contributed by atoms with Gasteiger partial charge in [-0.25, -0.2) is 4.68 Å². The van der Waals surface area contributed by atoms with Gasteiger partial charge in [0.2, 0.25) is 5.95 Å². The molecule has 120 valence electrons. The minimum Gasteiger partial charge on any atom is -0.309 e. The fourth-order valence-electron chi connectivity index (χ4n) is 2.94. The molecular weight excluding hydrogens is 304 g/mol. The van der Waals surface area contributed by atoms with Gasteiger partial charge < -0.3 is 4.90 Å². The monoisotopic (exact) mass is 320 g/mol. The van der Waals surface area contributed by atoms with Gasteiger partial charge in [0.1, 0.15) is 0 Å². The molecule has 3 aromatic rings. The molecule has 0 spiro atoms. The molecule has 1 aliphatic heterocycles. The first-order chi connectivity index (χ1) is 11.7. The maximum absolute atomic E-state index is 12.4. The molecule has 2 aromatic carbocycles. The van der Waals surface area contributed by atoms with Gasteiger partial charge in [0.05, 0.1) is 6.54 Å². The van der Waals surface area contributed by atoms with E-state index in [9.17, 15) is 9.59 Å². The van der Waals surface area contributed by atoms with Crippen LogP contribution in [0.2, 0.25) is 0 Å². The molecule has 1 aliphatic rings. The Kier molecular flexibility index (Phi) is 3.49. The fourth-order valence-corrected chi connectivity index (χ4v) is 2.94. The van der Waals surface area contributed by atoms with Crippen molar-refractivity contribution in [1.82, 2.24) is 14.3 Å². The van der Waals surface area contributed by atoms with E-state index in [0.717, 1.165) is 11.3 Å². The third-order valence-electron chi connectivity index (χ3n) is 4.15. The molecule has 2 heterocycles. The normalized spacial score (nSPS) is 13.1. The second kappa shape index (κ2) is 5.81.